The van der Waals surface area contributed by atoms with E-state index in [9.17, 15) is 13.2 Å². The van der Waals surface area contributed by atoms with Crippen LogP contribution in [0.4, 0.5) is 0 Å². The second-order valence-corrected chi connectivity index (χ2v) is 7.59. The first-order valence-electron chi connectivity index (χ1n) is 8.60. The van der Waals surface area contributed by atoms with Crippen LogP contribution in [0.1, 0.15) is 36.5 Å². The van der Waals surface area contributed by atoms with E-state index in [-0.39, 0.29) is 23.5 Å². The molecular formula is C17H26N2O5S. The van der Waals surface area contributed by atoms with Crippen LogP contribution in [0.2, 0.25) is 0 Å². The third-order valence-corrected chi connectivity index (χ3v) is 5.31. The highest BCUT2D eigenvalue weighted by Crippen LogP contribution is 2.14. The highest BCUT2D eigenvalue weighted by molar-refractivity contribution is 7.89. The Hall–Kier alpha value is -1.48. The lowest BCUT2D eigenvalue weighted by Gasteiger charge is -2.12. The molecule has 1 aromatic rings. The van der Waals surface area contributed by atoms with Gasteiger partial charge in [0.1, 0.15) is 0 Å². The SMILES string of the molecule is CCOCCCNC(=O)c1cccc(S(=O)(=O)NCC2CCCO2)c1. The van der Waals surface area contributed by atoms with Gasteiger partial charge in [-0.1, -0.05) is 6.07 Å². The third-order valence-electron chi connectivity index (χ3n) is 3.89. The number of hydrogen-bond acceptors (Lipinski definition) is 5. The lowest BCUT2D eigenvalue weighted by atomic mass is 10.2. The molecule has 0 bridgehead atoms. The molecule has 1 unspecified atom stereocenters. The fourth-order valence-corrected chi connectivity index (χ4v) is 3.63. The number of amides is 1. The molecule has 0 aliphatic carbocycles. The van der Waals surface area contributed by atoms with Crippen LogP contribution in [0.25, 0.3) is 0 Å². The Morgan fingerprint density at radius 2 is 2.24 bits per heavy atom. The van der Waals surface area contributed by atoms with Gasteiger partial charge in [-0.05, 0) is 44.4 Å². The van der Waals surface area contributed by atoms with Gasteiger partial charge >= 0.3 is 0 Å². The molecule has 1 aliphatic heterocycles. The maximum Gasteiger partial charge on any atom is 0.251 e. The molecule has 1 amide bonds. The summed E-state index contributed by atoms with van der Waals surface area (Å²) in [6.07, 6.45) is 2.44. The second-order valence-electron chi connectivity index (χ2n) is 5.82. The van der Waals surface area contributed by atoms with Crippen molar-refractivity contribution in [3.8, 4) is 0 Å². The standard InChI is InChI=1S/C17H26N2O5S/c1-2-23-10-5-9-18-17(20)14-6-3-8-16(12-14)25(21,22)19-13-15-7-4-11-24-15/h3,6,8,12,15,19H,2,4-5,7,9-11,13H2,1H3,(H,18,20). The first-order chi connectivity index (χ1) is 12.0. The fraction of sp³-hybridized carbons (Fsp3) is 0.588. The molecule has 25 heavy (non-hydrogen) atoms. The van der Waals surface area contributed by atoms with Crippen LogP contribution in [0.15, 0.2) is 29.2 Å². The maximum atomic E-state index is 12.4. The molecule has 0 radical (unpaired) electrons. The summed E-state index contributed by atoms with van der Waals surface area (Å²) in [4.78, 5) is 12.2. The summed E-state index contributed by atoms with van der Waals surface area (Å²) in [6, 6.07) is 6.02. The van der Waals surface area contributed by atoms with Crippen LogP contribution in [-0.2, 0) is 19.5 Å². The van der Waals surface area contributed by atoms with E-state index in [4.69, 9.17) is 9.47 Å². The Labute approximate surface area is 149 Å². The molecule has 140 valence electrons. The largest absolute Gasteiger partial charge is 0.382 e. The quantitative estimate of drug-likeness (QED) is 0.606. The molecule has 1 atom stereocenters. The number of carbonyl (C=O) groups excluding carboxylic acids is 1. The van der Waals surface area contributed by atoms with E-state index in [2.05, 4.69) is 10.0 Å². The molecule has 1 aromatic carbocycles. The average Bonchev–Trinajstić information content (AvgIpc) is 3.13. The lowest BCUT2D eigenvalue weighted by molar-refractivity contribution is 0.0944. The summed E-state index contributed by atoms with van der Waals surface area (Å²) in [5.41, 5.74) is 0.316. The van der Waals surface area contributed by atoms with Crippen LogP contribution < -0.4 is 10.0 Å². The monoisotopic (exact) mass is 370 g/mol. The van der Waals surface area contributed by atoms with E-state index in [1.165, 1.54) is 12.1 Å². The number of hydrogen-bond donors (Lipinski definition) is 2. The summed E-state index contributed by atoms with van der Waals surface area (Å²) >= 11 is 0. The van der Waals surface area contributed by atoms with Crippen molar-refractivity contribution in [1.29, 1.82) is 0 Å². The zero-order valence-electron chi connectivity index (χ0n) is 14.5. The minimum absolute atomic E-state index is 0.0764. The zero-order valence-corrected chi connectivity index (χ0v) is 15.3. The van der Waals surface area contributed by atoms with Crippen molar-refractivity contribution in [2.75, 3.05) is 32.9 Å². The van der Waals surface area contributed by atoms with Gasteiger partial charge in [-0.2, -0.15) is 0 Å². The zero-order chi connectivity index (χ0) is 18.1. The van der Waals surface area contributed by atoms with Crippen molar-refractivity contribution in [3.63, 3.8) is 0 Å². The fourth-order valence-electron chi connectivity index (χ4n) is 2.52. The van der Waals surface area contributed by atoms with Crippen LogP contribution in [0.3, 0.4) is 0 Å². The minimum Gasteiger partial charge on any atom is -0.382 e. The van der Waals surface area contributed by atoms with E-state index in [0.717, 1.165) is 12.8 Å². The average molecular weight is 370 g/mol. The van der Waals surface area contributed by atoms with Crippen molar-refractivity contribution < 1.29 is 22.7 Å². The Balaban J connectivity index is 1.91. The van der Waals surface area contributed by atoms with Gasteiger partial charge < -0.3 is 14.8 Å². The Kier molecular flexibility index (Phi) is 7.83. The van der Waals surface area contributed by atoms with E-state index in [1.54, 1.807) is 12.1 Å². The van der Waals surface area contributed by atoms with Gasteiger partial charge in [-0.15, -0.1) is 0 Å². The Morgan fingerprint density at radius 1 is 1.40 bits per heavy atom. The van der Waals surface area contributed by atoms with Gasteiger partial charge in [0.25, 0.3) is 5.91 Å². The number of sulfonamides is 1. The van der Waals surface area contributed by atoms with Crippen molar-refractivity contribution in [2.45, 2.75) is 37.2 Å². The molecular weight excluding hydrogens is 344 g/mol. The lowest BCUT2D eigenvalue weighted by Crippen LogP contribution is -2.32. The Bertz CT molecular complexity index is 657. The molecule has 0 aromatic heterocycles. The van der Waals surface area contributed by atoms with Gasteiger partial charge in [-0.3, -0.25) is 4.79 Å². The van der Waals surface area contributed by atoms with E-state index < -0.39 is 10.0 Å². The van der Waals surface area contributed by atoms with Gasteiger partial charge in [0, 0.05) is 38.5 Å². The van der Waals surface area contributed by atoms with E-state index >= 15 is 0 Å². The molecule has 1 fully saturated rings. The highest BCUT2D eigenvalue weighted by Gasteiger charge is 2.21. The molecule has 0 spiro atoms. The molecule has 1 saturated heterocycles. The predicted octanol–water partition coefficient (Wildman–Crippen LogP) is 1.30. The van der Waals surface area contributed by atoms with Crippen molar-refractivity contribution in [1.82, 2.24) is 10.0 Å². The van der Waals surface area contributed by atoms with Gasteiger partial charge in [-0.25, -0.2) is 13.1 Å². The van der Waals surface area contributed by atoms with Crippen molar-refractivity contribution >= 4 is 15.9 Å². The molecule has 8 heteroatoms. The summed E-state index contributed by atoms with van der Waals surface area (Å²) in [5, 5.41) is 2.76. The summed E-state index contributed by atoms with van der Waals surface area (Å²) in [7, 11) is -3.67. The summed E-state index contributed by atoms with van der Waals surface area (Å²) < 4.78 is 37.9. The summed E-state index contributed by atoms with van der Waals surface area (Å²) in [6.45, 7) is 4.54. The van der Waals surface area contributed by atoms with Crippen LogP contribution in [-0.4, -0.2) is 53.3 Å². The van der Waals surface area contributed by atoms with Crippen LogP contribution in [0, 0.1) is 0 Å². The molecule has 2 N–H and O–H groups in total. The third kappa shape index (κ3) is 6.39. The van der Waals surface area contributed by atoms with E-state index in [0.29, 0.717) is 38.3 Å². The minimum atomic E-state index is -3.67. The number of carbonyl (C=O) groups is 1. The maximum absolute atomic E-state index is 12.4. The summed E-state index contributed by atoms with van der Waals surface area (Å²) in [5.74, 6) is -0.298. The van der Waals surface area contributed by atoms with Gasteiger partial charge in [0.15, 0.2) is 0 Å². The number of rotatable bonds is 10. The number of benzene rings is 1. The van der Waals surface area contributed by atoms with Gasteiger partial charge in [0.2, 0.25) is 10.0 Å². The van der Waals surface area contributed by atoms with Crippen LogP contribution in [0.5, 0.6) is 0 Å². The number of ether oxygens (including phenoxy) is 2. The topological polar surface area (TPSA) is 93.7 Å². The van der Waals surface area contributed by atoms with Gasteiger partial charge in [0.05, 0.1) is 11.0 Å². The normalized spacial score (nSPS) is 17.6. The first kappa shape index (κ1) is 19.8. The second kappa shape index (κ2) is 9.86. The molecule has 0 saturated carbocycles. The van der Waals surface area contributed by atoms with E-state index in [1.807, 2.05) is 6.92 Å². The molecule has 1 heterocycles. The molecule has 1 aliphatic rings. The number of nitrogens with one attached hydrogen (secondary N) is 2. The molecule has 2 rings (SSSR count). The predicted molar refractivity (Wildman–Crippen MR) is 94.0 cm³/mol. The Morgan fingerprint density at radius 3 is 2.96 bits per heavy atom. The molecule has 7 nitrogen and oxygen atoms in total. The van der Waals surface area contributed by atoms with Crippen LogP contribution >= 0.6 is 0 Å². The van der Waals surface area contributed by atoms with Crippen molar-refractivity contribution in [2.24, 2.45) is 0 Å². The first-order valence-corrected chi connectivity index (χ1v) is 10.1. The highest BCUT2D eigenvalue weighted by atomic mass is 32.2. The smallest absolute Gasteiger partial charge is 0.251 e. The van der Waals surface area contributed by atoms with Crippen molar-refractivity contribution in [3.05, 3.63) is 29.8 Å².